The summed E-state index contributed by atoms with van der Waals surface area (Å²) in [5.74, 6) is 2.72. The Morgan fingerprint density at radius 2 is 2.09 bits per heavy atom. The second kappa shape index (κ2) is 2.78. The molecule has 0 aromatic carbocycles. The first-order chi connectivity index (χ1) is 5.27. The standard InChI is InChI=1S/C10H18O/c1-7(2)10-5-9-4-3-8(10)6-11-9/h7-10H,3-6H2,1-2H3. The van der Waals surface area contributed by atoms with Gasteiger partial charge in [0, 0.05) is 0 Å². The average molecular weight is 154 g/mol. The van der Waals surface area contributed by atoms with E-state index in [4.69, 9.17) is 4.74 Å². The van der Waals surface area contributed by atoms with Gasteiger partial charge in [-0.15, -0.1) is 0 Å². The van der Waals surface area contributed by atoms with Gasteiger partial charge in [0.05, 0.1) is 12.7 Å². The first-order valence-corrected chi connectivity index (χ1v) is 4.89. The van der Waals surface area contributed by atoms with Crippen LogP contribution in [0.25, 0.3) is 0 Å². The molecule has 3 unspecified atom stereocenters. The van der Waals surface area contributed by atoms with Crippen molar-refractivity contribution in [1.29, 1.82) is 0 Å². The molecular formula is C10H18O. The van der Waals surface area contributed by atoms with Crippen molar-refractivity contribution in [2.24, 2.45) is 17.8 Å². The lowest BCUT2D eigenvalue weighted by atomic mass is 9.71. The summed E-state index contributed by atoms with van der Waals surface area (Å²) in [6.07, 6.45) is 4.70. The summed E-state index contributed by atoms with van der Waals surface area (Å²) in [4.78, 5) is 0. The molecule has 0 spiro atoms. The highest BCUT2D eigenvalue weighted by molar-refractivity contribution is 4.86. The summed E-state index contributed by atoms with van der Waals surface area (Å²) in [6.45, 7) is 5.75. The van der Waals surface area contributed by atoms with Crippen molar-refractivity contribution in [3.63, 3.8) is 0 Å². The Balaban J connectivity index is 2.03. The normalized spacial score (nSPS) is 43.4. The van der Waals surface area contributed by atoms with Crippen LogP contribution in [0.15, 0.2) is 0 Å². The van der Waals surface area contributed by atoms with Crippen LogP contribution < -0.4 is 0 Å². The molecule has 2 aliphatic heterocycles. The first kappa shape index (κ1) is 7.60. The van der Waals surface area contributed by atoms with Crippen LogP contribution >= 0.6 is 0 Å². The van der Waals surface area contributed by atoms with Crippen molar-refractivity contribution in [2.75, 3.05) is 6.61 Å². The molecule has 0 aromatic rings. The van der Waals surface area contributed by atoms with Crippen LogP contribution in [-0.2, 0) is 4.74 Å². The van der Waals surface area contributed by atoms with E-state index in [0.717, 1.165) is 24.4 Å². The number of fused-ring (bicyclic) bond motifs is 3. The van der Waals surface area contributed by atoms with Crippen molar-refractivity contribution in [2.45, 2.75) is 39.2 Å². The third kappa shape index (κ3) is 1.31. The molecule has 0 aromatic heterocycles. The van der Waals surface area contributed by atoms with E-state index in [1.54, 1.807) is 0 Å². The van der Waals surface area contributed by atoms with Crippen LogP contribution in [0.4, 0.5) is 0 Å². The Labute approximate surface area is 69.1 Å². The van der Waals surface area contributed by atoms with Gasteiger partial charge in [-0.2, -0.15) is 0 Å². The maximum absolute atomic E-state index is 5.66. The number of ether oxygens (including phenoxy) is 1. The van der Waals surface area contributed by atoms with Gasteiger partial charge in [-0.05, 0) is 37.0 Å². The van der Waals surface area contributed by atoms with Crippen LogP contribution in [0.3, 0.4) is 0 Å². The van der Waals surface area contributed by atoms with Crippen molar-refractivity contribution in [3.05, 3.63) is 0 Å². The fourth-order valence-electron chi connectivity index (χ4n) is 2.66. The third-order valence-corrected chi connectivity index (χ3v) is 3.40. The Morgan fingerprint density at radius 3 is 2.36 bits per heavy atom. The number of hydrogen-bond acceptors (Lipinski definition) is 1. The van der Waals surface area contributed by atoms with Crippen molar-refractivity contribution >= 4 is 0 Å². The fraction of sp³-hybridized carbons (Fsp3) is 1.00. The molecule has 2 saturated heterocycles. The van der Waals surface area contributed by atoms with Crippen LogP contribution in [0, 0.1) is 17.8 Å². The van der Waals surface area contributed by atoms with Crippen molar-refractivity contribution in [3.8, 4) is 0 Å². The van der Waals surface area contributed by atoms with Crippen LogP contribution in [0.1, 0.15) is 33.1 Å². The first-order valence-electron chi connectivity index (χ1n) is 4.89. The summed E-state index contributed by atoms with van der Waals surface area (Å²) in [5, 5.41) is 0. The minimum absolute atomic E-state index is 0.618. The summed E-state index contributed by atoms with van der Waals surface area (Å²) >= 11 is 0. The molecule has 2 heterocycles. The van der Waals surface area contributed by atoms with E-state index in [9.17, 15) is 0 Å². The number of rotatable bonds is 1. The summed E-state index contributed by atoms with van der Waals surface area (Å²) < 4.78 is 5.66. The largest absolute Gasteiger partial charge is 0.378 e. The Hall–Kier alpha value is -0.0400. The summed E-state index contributed by atoms with van der Waals surface area (Å²) in [6, 6.07) is 0. The van der Waals surface area contributed by atoms with E-state index in [0.29, 0.717) is 6.10 Å². The molecule has 64 valence electrons. The molecule has 0 amide bonds. The smallest absolute Gasteiger partial charge is 0.0578 e. The maximum atomic E-state index is 5.66. The van der Waals surface area contributed by atoms with E-state index < -0.39 is 0 Å². The SMILES string of the molecule is CC(C)C1CC2CCC1CO2. The monoisotopic (exact) mass is 154 g/mol. The molecule has 2 bridgehead atoms. The lowest BCUT2D eigenvalue weighted by Crippen LogP contribution is -2.41. The van der Waals surface area contributed by atoms with Crippen LogP contribution in [-0.4, -0.2) is 12.7 Å². The molecule has 1 heteroatoms. The topological polar surface area (TPSA) is 9.23 Å². The second-order valence-corrected chi connectivity index (χ2v) is 4.44. The minimum atomic E-state index is 0.618. The molecule has 3 rings (SSSR count). The van der Waals surface area contributed by atoms with Gasteiger partial charge in [-0.1, -0.05) is 13.8 Å². The summed E-state index contributed by atoms with van der Waals surface area (Å²) in [5.41, 5.74) is 0. The molecule has 11 heavy (non-hydrogen) atoms. The van der Waals surface area contributed by atoms with Gasteiger partial charge in [0.15, 0.2) is 0 Å². The number of hydrogen-bond donors (Lipinski definition) is 0. The third-order valence-electron chi connectivity index (χ3n) is 3.40. The highest BCUT2D eigenvalue weighted by atomic mass is 16.5. The van der Waals surface area contributed by atoms with E-state index in [-0.39, 0.29) is 0 Å². The molecule has 0 radical (unpaired) electrons. The molecule has 3 aliphatic rings. The molecule has 1 aliphatic carbocycles. The quantitative estimate of drug-likeness (QED) is 0.563. The molecule has 1 saturated carbocycles. The molecule has 0 N–H and O–H groups in total. The van der Waals surface area contributed by atoms with Crippen molar-refractivity contribution < 1.29 is 4.74 Å². The Bertz CT molecular complexity index is 134. The van der Waals surface area contributed by atoms with Crippen molar-refractivity contribution in [1.82, 2.24) is 0 Å². The lowest BCUT2D eigenvalue weighted by Gasteiger charge is -2.44. The highest BCUT2D eigenvalue weighted by Gasteiger charge is 2.37. The van der Waals surface area contributed by atoms with E-state index in [2.05, 4.69) is 13.8 Å². The Morgan fingerprint density at radius 1 is 1.27 bits per heavy atom. The van der Waals surface area contributed by atoms with Gasteiger partial charge in [0.2, 0.25) is 0 Å². The fourth-order valence-corrected chi connectivity index (χ4v) is 2.66. The molecule has 1 nitrogen and oxygen atoms in total. The van der Waals surface area contributed by atoms with E-state index in [1.165, 1.54) is 19.3 Å². The predicted octanol–water partition coefficient (Wildman–Crippen LogP) is 2.46. The van der Waals surface area contributed by atoms with Gasteiger partial charge >= 0.3 is 0 Å². The van der Waals surface area contributed by atoms with Crippen LogP contribution in [0.2, 0.25) is 0 Å². The molecular weight excluding hydrogens is 136 g/mol. The Kier molecular flexibility index (Phi) is 1.92. The maximum Gasteiger partial charge on any atom is 0.0578 e. The lowest BCUT2D eigenvalue weighted by molar-refractivity contribution is -0.103. The van der Waals surface area contributed by atoms with Crippen LogP contribution in [0.5, 0.6) is 0 Å². The van der Waals surface area contributed by atoms with E-state index >= 15 is 0 Å². The zero-order chi connectivity index (χ0) is 7.84. The minimum Gasteiger partial charge on any atom is -0.378 e. The van der Waals surface area contributed by atoms with Gasteiger partial charge in [0.1, 0.15) is 0 Å². The average Bonchev–Trinajstić information content (AvgIpc) is 2.06. The predicted molar refractivity (Wildman–Crippen MR) is 45.4 cm³/mol. The zero-order valence-electron chi connectivity index (χ0n) is 7.55. The zero-order valence-corrected chi connectivity index (χ0v) is 7.55. The van der Waals surface area contributed by atoms with Gasteiger partial charge < -0.3 is 4.74 Å². The second-order valence-electron chi connectivity index (χ2n) is 4.44. The van der Waals surface area contributed by atoms with E-state index in [1.807, 2.05) is 0 Å². The molecule has 3 fully saturated rings. The highest BCUT2D eigenvalue weighted by Crippen LogP contribution is 2.40. The van der Waals surface area contributed by atoms with Gasteiger partial charge in [-0.25, -0.2) is 0 Å². The summed E-state index contributed by atoms with van der Waals surface area (Å²) in [7, 11) is 0. The van der Waals surface area contributed by atoms with Gasteiger partial charge in [0.25, 0.3) is 0 Å². The van der Waals surface area contributed by atoms with Gasteiger partial charge in [-0.3, -0.25) is 0 Å². The molecule has 3 atom stereocenters.